The number of likely N-dealkylation sites (tertiary alicyclic amines) is 1. The second kappa shape index (κ2) is 13.7. The highest BCUT2D eigenvalue weighted by atomic mass is 35.5. The van der Waals surface area contributed by atoms with Crippen molar-refractivity contribution in [2.24, 2.45) is 5.92 Å². The van der Waals surface area contributed by atoms with E-state index >= 15 is 0 Å². The van der Waals surface area contributed by atoms with Crippen molar-refractivity contribution in [3.8, 4) is 17.2 Å². The van der Waals surface area contributed by atoms with Crippen LogP contribution in [0.5, 0.6) is 17.2 Å². The molecule has 0 bridgehead atoms. The van der Waals surface area contributed by atoms with E-state index in [1.165, 1.54) is 12.1 Å². The maximum absolute atomic E-state index is 13.6. The van der Waals surface area contributed by atoms with Gasteiger partial charge in [-0.05, 0) is 48.2 Å². The number of hydrogen-bond acceptors (Lipinski definition) is 6. The summed E-state index contributed by atoms with van der Waals surface area (Å²) in [5, 5.41) is 10.5. The molecule has 208 valence electrons. The lowest BCUT2D eigenvalue weighted by atomic mass is 9.82. The highest BCUT2D eigenvalue weighted by Gasteiger charge is 2.48. The summed E-state index contributed by atoms with van der Waals surface area (Å²) in [6, 6.07) is 11.3. The van der Waals surface area contributed by atoms with Crippen molar-refractivity contribution in [1.29, 1.82) is 0 Å². The second-order valence-corrected chi connectivity index (χ2v) is 9.72. The van der Waals surface area contributed by atoms with Gasteiger partial charge in [0, 0.05) is 31.6 Å². The summed E-state index contributed by atoms with van der Waals surface area (Å²) in [5.41, 5.74) is 1.47. The van der Waals surface area contributed by atoms with Crippen LogP contribution in [0.4, 0.5) is 0 Å². The van der Waals surface area contributed by atoms with Gasteiger partial charge in [0.15, 0.2) is 11.5 Å². The van der Waals surface area contributed by atoms with E-state index in [1.807, 2.05) is 21.9 Å². The molecule has 1 amide bonds. The maximum Gasteiger partial charge on any atom is 0.309 e. The number of ether oxygens (including phenoxy) is 3. The molecule has 8 nitrogen and oxygen atoms in total. The average molecular weight is 550 g/mol. The van der Waals surface area contributed by atoms with Crippen molar-refractivity contribution >= 4 is 24.3 Å². The van der Waals surface area contributed by atoms with Crippen LogP contribution in [0.25, 0.3) is 0 Å². The molecular weight excluding hydrogens is 508 g/mol. The van der Waals surface area contributed by atoms with Crippen molar-refractivity contribution in [1.82, 2.24) is 9.80 Å². The van der Waals surface area contributed by atoms with Gasteiger partial charge in [-0.1, -0.05) is 44.9 Å². The largest absolute Gasteiger partial charge is 0.497 e. The molecule has 1 fully saturated rings. The Balaban J connectivity index is 0.00000462. The predicted molar refractivity (Wildman–Crippen MR) is 147 cm³/mol. The highest BCUT2D eigenvalue weighted by Crippen LogP contribution is 2.47. The summed E-state index contributed by atoms with van der Waals surface area (Å²) < 4.78 is 38.1. The van der Waals surface area contributed by atoms with E-state index in [1.54, 1.807) is 18.2 Å². The maximum atomic E-state index is 13.6. The van der Waals surface area contributed by atoms with Crippen molar-refractivity contribution < 1.29 is 33.0 Å². The average Bonchev–Trinajstić information content (AvgIpc) is 3.52. The summed E-state index contributed by atoms with van der Waals surface area (Å²) in [5.74, 6) is -0.920. The third-order valence-electron chi connectivity index (χ3n) is 7.30. The van der Waals surface area contributed by atoms with Crippen LogP contribution < -0.4 is 14.2 Å². The fourth-order valence-corrected chi connectivity index (χ4v) is 5.34. The molecule has 2 aliphatic rings. The SMILES string of the molecule is Cl.[2H]C([2H])([2H])Oc1ccc([C@H]2C(C(=O)O)[C@@H](c3ccc4c(c3)OCO4)CN2CC(=O)N(CCCC)CCCC)cc1. The monoisotopic (exact) mass is 549 g/mol. The molecule has 0 aromatic heterocycles. The molecule has 2 heterocycles. The first-order chi connectivity index (χ1) is 19.1. The minimum atomic E-state index is -2.60. The van der Waals surface area contributed by atoms with Crippen LogP contribution >= 0.6 is 12.4 Å². The Hall–Kier alpha value is -2.97. The zero-order valence-electron chi connectivity index (χ0n) is 24.9. The Bertz CT molecular complexity index is 1170. The lowest BCUT2D eigenvalue weighted by Gasteiger charge is -2.30. The summed E-state index contributed by atoms with van der Waals surface area (Å²) in [7, 11) is -2.60. The molecule has 2 aromatic carbocycles. The molecule has 9 heteroatoms. The van der Waals surface area contributed by atoms with Crippen LogP contribution in [0.3, 0.4) is 0 Å². The molecule has 38 heavy (non-hydrogen) atoms. The first-order valence-corrected chi connectivity index (χ1v) is 13.0. The lowest BCUT2D eigenvalue weighted by molar-refractivity contribution is -0.144. The molecule has 4 rings (SSSR count). The Morgan fingerprint density at radius 3 is 2.34 bits per heavy atom. The quantitative estimate of drug-likeness (QED) is 0.393. The number of fused-ring (bicyclic) bond motifs is 1. The summed E-state index contributed by atoms with van der Waals surface area (Å²) >= 11 is 0. The zero-order chi connectivity index (χ0) is 28.9. The first kappa shape index (κ1) is 25.3. The smallest absolute Gasteiger partial charge is 0.309 e. The number of methoxy groups -OCH3 is 1. The number of hydrogen-bond donors (Lipinski definition) is 1. The van der Waals surface area contributed by atoms with Crippen molar-refractivity contribution in [3.05, 3.63) is 53.6 Å². The zero-order valence-corrected chi connectivity index (χ0v) is 22.7. The van der Waals surface area contributed by atoms with Gasteiger partial charge in [-0.25, -0.2) is 0 Å². The topological polar surface area (TPSA) is 88.5 Å². The van der Waals surface area contributed by atoms with Gasteiger partial charge in [-0.2, -0.15) is 0 Å². The number of halogens is 1. The number of amides is 1. The van der Waals surface area contributed by atoms with Gasteiger partial charge in [0.25, 0.3) is 0 Å². The Morgan fingerprint density at radius 1 is 1.05 bits per heavy atom. The van der Waals surface area contributed by atoms with Crippen LogP contribution in [0.1, 0.15) is 66.7 Å². The van der Waals surface area contributed by atoms with Crippen LogP contribution in [0.2, 0.25) is 0 Å². The normalized spacial score (nSPS) is 21.6. The molecule has 0 aliphatic carbocycles. The Kier molecular flexibility index (Phi) is 9.14. The van der Waals surface area contributed by atoms with E-state index in [2.05, 4.69) is 13.8 Å². The highest BCUT2D eigenvalue weighted by molar-refractivity contribution is 5.85. The van der Waals surface area contributed by atoms with E-state index < -0.39 is 30.9 Å². The van der Waals surface area contributed by atoms with E-state index in [4.69, 9.17) is 18.3 Å². The fraction of sp³-hybridized carbons (Fsp3) is 0.517. The van der Waals surface area contributed by atoms with E-state index in [0.29, 0.717) is 36.7 Å². The van der Waals surface area contributed by atoms with Gasteiger partial charge in [0.05, 0.1) is 23.6 Å². The number of carbonyl (C=O) groups excluding carboxylic acids is 1. The molecule has 0 radical (unpaired) electrons. The Labute approximate surface area is 235 Å². The molecule has 1 saturated heterocycles. The number of nitrogens with zero attached hydrogens (tertiary/aromatic N) is 2. The van der Waals surface area contributed by atoms with Crippen molar-refractivity contribution in [2.75, 3.05) is 40.0 Å². The van der Waals surface area contributed by atoms with Gasteiger partial charge in [0.2, 0.25) is 12.7 Å². The van der Waals surface area contributed by atoms with E-state index in [9.17, 15) is 14.7 Å². The first-order valence-electron chi connectivity index (χ1n) is 14.5. The molecule has 1 N–H and O–H groups in total. The van der Waals surface area contributed by atoms with Crippen molar-refractivity contribution in [3.63, 3.8) is 0 Å². The number of aliphatic carboxylic acids is 1. The summed E-state index contributed by atoms with van der Waals surface area (Å²) in [4.78, 5) is 30.3. The van der Waals surface area contributed by atoms with Crippen LogP contribution in [0, 0.1) is 5.92 Å². The summed E-state index contributed by atoms with van der Waals surface area (Å²) in [6.07, 6.45) is 3.75. The second-order valence-electron chi connectivity index (χ2n) is 9.72. The number of rotatable bonds is 12. The van der Waals surface area contributed by atoms with Gasteiger partial charge in [-0.15, -0.1) is 12.4 Å². The molecular formula is C29H39ClN2O6. The van der Waals surface area contributed by atoms with E-state index in [-0.39, 0.29) is 37.4 Å². The fourth-order valence-electron chi connectivity index (χ4n) is 5.34. The predicted octanol–water partition coefficient (Wildman–Crippen LogP) is 5.12. The van der Waals surface area contributed by atoms with Crippen LogP contribution in [-0.4, -0.2) is 66.8 Å². The standard InChI is InChI=1S/C29H38N2O6.ClH/c1-4-6-14-30(15-7-5-2)26(32)18-31-17-23(21-10-13-24-25(16-21)37-19-36-24)27(29(33)34)28(31)20-8-11-22(35-3)12-9-20;/h8-13,16,23,27-28H,4-7,14-15,17-19H2,1-3H3,(H,33,34);1H/t23-,27?,28+;/m1./s1/i3D3;. The number of benzene rings is 2. The molecule has 1 unspecified atom stereocenters. The van der Waals surface area contributed by atoms with Gasteiger partial charge in [0.1, 0.15) is 5.75 Å². The van der Waals surface area contributed by atoms with Gasteiger partial charge >= 0.3 is 5.97 Å². The number of carboxylic acids is 1. The third-order valence-corrected chi connectivity index (χ3v) is 7.30. The molecule has 0 spiro atoms. The number of carbonyl (C=O) groups is 2. The van der Waals surface area contributed by atoms with Crippen LogP contribution in [0.15, 0.2) is 42.5 Å². The molecule has 2 aliphatic heterocycles. The molecule has 2 aromatic rings. The van der Waals surface area contributed by atoms with Gasteiger partial charge < -0.3 is 24.2 Å². The number of unbranched alkanes of at least 4 members (excludes halogenated alkanes) is 2. The van der Waals surface area contributed by atoms with Crippen molar-refractivity contribution in [2.45, 2.75) is 51.5 Å². The summed E-state index contributed by atoms with van der Waals surface area (Å²) in [6.45, 7) is 6.07. The molecule has 3 atom stereocenters. The number of carboxylic acid groups (broad SMARTS) is 1. The van der Waals surface area contributed by atoms with Gasteiger partial charge in [-0.3, -0.25) is 14.5 Å². The van der Waals surface area contributed by atoms with Crippen LogP contribution in [-0.2, 0) is 9.59 Å². The minimum Gasteiger partial charge on any atom is -0.497 e. The molecule has 0 saturated carbocycles. The third kappa shape index (κ3) is 6.53. The van der Waals surface area contributed by atoms with E-state index in [0.717, 1.165) is 31.2 Å². The Morgan fingerprint density at radius 2 is 1.71 bits per heavy atom. The lowest BCUT2D eigenvalue weighted by Crippen LogP contribution is -2.42. The minimum absolute atomic E-state index is 0.